The second-order valence-electron chi connectivity index (χ2n) is 4.56. The second-order valence-corrected chi connectivity index (χ2v) is 5.48. The van der Waals surface area contributed by atoms with E-state index in [1.807, 2.05) is 30.3 Å². The summed E-state index contributed by atoms with van der Waals surface area (Å²) in [6.45, 7) is 0.221. The number of halogens is 1. The lowest BCUT2D eigenvalue weighted by atomic mass is 10.2. The van der Waals surface area contributed by atoms with E-state index >= 15 is 0 Å². The lowest BCUT2D eigenvalue weighted by Gasteiger charge is -2.06. The van der Waals surface area contributed by atoms with Crippen LogP contribution < -0.4 is 0 Å². The molecule has 0 saturated carbocycles. The van der Waals surface area contributed by atoms with Crippen LogP contribution in [0.5, 0.6) is 0 Å². The third-order valence-corrected chi connectivity index (χ3v) is 3.47. The lowest BCUT2D eigenvalue weighted by molar-refractivity contribution is 0.0472. The van der Waals surface area contributed by atoms with E-state index in [0.717, 1.165) is 10.0 Å². The third kappa shape index (κ3) is 3.40. The van der Waals surface area contributed by atoms with Crippen LogP contribution in [0.1, 0.15) is 15.9 Å². The van der Waals surface area contributed by atoms with Crippen molar-refractivity contribution in [3.8, 4) is 5.82 Å². The zero-order valence-electron chi connectivity index (χ0n) is 11.5. The molecule has 2 heterocycles. The molecule has 0 aliphatic carbocycles. The number of hydrogen-bond donors (Lipinski definition) is 0. The summed E-state index contributed by atoms with van der Waals surface area (Å²) in [4.78, 5) is 16.2. The molecule has 0 N–H and O–H groups in total. The average Bonchev–Trinajstić information content (AvgIpc) is 3.07. The van der Waals surface area contributed by atoms with Crippen molar-refractivity contribution < 1.29 is 9.53 Å². The van der Waals surface area contributed by atoms with E-state index < -0.39 is 5.97 Å². The molecule has 0 spiro atoms. The van der Waals surface area contributed by atoms with Crippen LogP contribution in [0, 0.1) is 0 Å². The van der Waals surface area contributed by atoms with Gasteiger partial charge in [0.15, 0.2) is 5.82 Å². The SMILES string of the molecule is O=C(OCc1cccc(Br)c1)c1ccc(-n2cccn2)nc1. The van der Waals surface area contributed by atoms with Gasteiger partial charge in [-0.2, -0.15) is 5.10 Å². The van der Waals surface area contributed by atoms with E-state index in [1.54, 1.807) is 29.2 Å². The van der Waals surface area contributed by atoms with Crippen molar-refractivity contribution in [2.24, 2.45) is 0 Å². The highest BCUT2D eigenvalue weighted by atomic mass is 79.9. The molecule has 6 heteroatoms. The minimum atomic E-state index is -0.403. The first-order valence-corrected chi connectivity index (χ1v) is 7.39. The number of hydrogen-bond acceptors (Lipinski definition) is 4. The van der Waals surface area contributed by atoms with Gasteiger partial charge < -0.3 is 4.74 Å². The van der Waals surface area contributed by atoms with Crippen LogP contribution in [0.25, 0.3) is 5.82 Å². The number of nitrogens with zero attached hydrogens (tertiary/aromatic N) is 3. The number of ether oxygens (including phenoxy) is 1. The Morgan fingerprint density at radius 3 is 2.82 bits per heavy atom. The Hall–Kier alpha value is -2.47. The predicted octanol–water partition coefficient (Wildman–Crippen LogP) is 3.39. The zero-order valence-corrected chi connectivity index (χ0v) is 13.1. The van der Waals surface area contributed by atoms with Gasteiger partial charge in [-0.25, -0.2) is 14.5 Å². The number of benzene rings is 1. The monoisotopic (exact) mass is 357 g/mol. The molecule has 0 atom stereocenters. The molecule has 3 rings (SSSR count). The zero-order chi connectivity index (χ0) is 15.4. The fourth-order valence-electron chi connectivity index (χ4n) is 1.91. The van der Waals surface area contributed by atoms with Crippen molar-refractivity contribution in [2.45, 2.75) is 6.61 Å². The minimum absolute atomic E-state index is 0.221. The Balaban J connectivity index is 1.65. The smallest absolute Gasteiger partial charge is 0.340 e. The molecule has 2 aromatic heterocycles. The summed E-state index contributed by atoms with van der Waals surface area (Å²) in [5.74, 6) is 0.244. The molecule has 5 nitrogen and oxygen atoms in total. The predicted molar refractivity (Wildman–Crippen MR) is 84.6 cm³/mol. The van der Waals surface area contributed by atoms with Crippen molar-refractivity contribution in [3.05, 3.63) is 76.7 Å². The molecule has 0 fully saturated rings. The summed E-state index contributed by atoms with van der Waals surface area (Å²) in [6, 6.07) is 12.8. The Kier molecular flexibility index (Phi) is 4.29. The highest BCUT2D eigenvalue weighted by Crippen LogP contribution is 2.13. The summed E-state index contributed by atoms with van der Waals surface area (Å²) in [5, 5.41) is 4.08. The number of carbonyl (C=O) groups excluding carboxylic acids is 1. The molecule has 3 aromatic rings. The highest BCUT2D eigenvalue weighted by Gasteiger charge is 2.09. The maximum absolute atomic E-state index is 12.0. The largest absolute Gasteiger partial charge is 0.457 e. The highest BCUT2D eigenvalue weighted by molar-refractivity contribution is 9.10. The molecule has 1 aromatic carbocycles. The van der Waals surface area contributed by atoms with Crippen LogP contribution in [0.4, 0.5) is 0 Å². The van der Waals surface area contributed by atoms with Crippen molar-refractivity contribution in [1.29, 1.82) is 0 Å². The van der Waals surface area contributed by atoms with Crippen LogP contribution in [0.2, 0.25) is 0 Å². The molecular weight excluding hydrogens is 346 g/mol. The molecular formula is C16H12BrN3O2. The number of carbonyl (C=O) groups is 1. The molecule has 0 saturated heterocycles. The van der Waals surface area contributed by atoms with Crippen molar-refractivity contribution in [3.63, 3.8) is 0 Å². The van der Waals surface area contributed by atoms with Crippen LogP contribution >= 0.6 is 15.9 Å². The molecule has 0 radical (unpaired) electrons. The summed E-state index contributed by atoms with van der Waals surface area (Å²) in [6.07, 6.45) is 4.94. The molecule has 0 bridgehead atoms. The Morgan fingerprint density at radius 2 is 2.14 bits per heavy atom. The van der Waals surface area contributed by atoms with E-state index in [0.29, 0.717) is 11.4 Å². The number of esters is 1. The van der Waals surface area contributed by atoms with Gasteiger partial charge in [0.1, 0.15) is 6.61 Å². The van der Waals surface area contributed by atoms with Gasteiger partial charge in [0, 0.05) is 23.1 Å². The van der Waals surface area contributed by atoms with E-state index in [-0.39, 0.29) is 6.61 Å². The van der Waals surface area contributed by atoms with Gasteiger partial charge in [-0.15, -0.1) is 0 Å². The normalized spacial score (nSPS) is 10.4. The van der Waals surface area contributed by atoms with Gasteiger partial charge in [-0.1, -0.05) is 28.1 Å². The van der Waals surface area contributed by atoms with Crippen molar-refractivity contribution in [2.75, 3.05) is 0 Å². The van der Waals surface area contributed by atoms with Crippen LogP contribution in [-0.2, 0) is 11.3 Å². The van der Waals surface area contributed by atoms with E-state index in [4.69, 9.17) is 4.74 Å². The molecule has 0 unspecified atom stereocenters. The maximum atomic E-state index is 12.0. The first-order valence-electron chi connectivity index (χ1n) is 6.60. The maximum Gasteiger partial charge on any atom is 0.340 e. The van der Waals surface area contributed by atoms with Crippen LogP contribution in [-0.4, -0.2) is 20.7 Å². The van der Waals surface area contributed by atoms with Crippen LogP contribution in [0.15, 0.2) is 65.5 Å². The molecule has 22 heavy (non-hydrogen) atoms. The second kappa shape index (κ2) is 6.53. The van der Waals surface area contributed by atoms with Gasteiger partial charge in [-0.05, 0) is 35.9 Å². The molecule has 110 valence electrons. The fourth-order valence-corrected chi connectivity index (χ4v) is 2.35. The van der Waals surface area contributed by atoms with Gasteiger partial charge in [0.25, 0.3) is 0 Å². The van der Waals surface area contributed by atoms with Gasteiger partial charge in [0.2, 0.25) is 0 Å². The summed E-state index contributed by atoms with van der Waals surface area (Å²) >= 11 is 3.38. The Morgan fingerprint density at radius 1 is 1.23 bits per heavy atom. The van der Waals surface area contributed by atoms with Gasteiger partial charge >= 0.3 is 5.97 Å². The number of aromatic nitrogens is 3. The van der Waals surface area contributed by atoms with Crippen LogP contribution in [0.3, 0.4) is 0 Å². The number of pyridine rings is 1. The van der Waals surface area contributed by atoms with Crippen molar-refractivity contribution >= 4 is 21.9 Å². The average molecular weight is 358 g/mol. The first kappa shape index (κ1) is 14.5. The van der Waals surface area contributed by atoms with Gasteiger partial charge in [-0.3, -0.25) is 0 Å². The summed E-state index contributed by atoms with van der Waals surface area (Å²) in [5.41, 5.74) is 1.33. The Labute approximate surface area is 135 Å². The minimum Gasteiger partial charge on any atom is -0.457 e. The lowest BCUT2D eigenvalue weighted by Crippen LogP contribution is -2.07. The quantitative estimate of drug-likeness (QED) is 0.671. The fraction of sp³-hybridized carbons (Fsp3) is 0.0625. The molecule has 0 aliphatic rings. The Bertz CT molecular complexity index is 770. The van der Waals surface area contributed by atoms with E-state index in [2.05, 4.69) is 26.0 Å². The topological polar surface area (TPSA) is 57.0 Å². The van der Waals surface area contributed by atoms with E-state index in [9.17, 15) is 4.79 Å². The van der Waals surface area contributed by atoms with Crippen molar-refractivity contribution in [1.82, 2.24) is 14.8 Å². The third-order valence-electron chi connectivity index (χ3n) is 2.98. The van der Waals surface area contributed by atoms with E-state index in [1.165, 1.54) is 6.20 Å². The summed E-state index contributed by atoms with van der Waals surface area (Å²) in [7, 11) is 0. The molecule has 0 aliphatic heterocycles. The summed E-state index contributed by atoms with van der Waals surface area (Å²) < 4.78 is 7.85. The molecule has 0 amide bonds. The van der Waals surface area contributed by atoms with Gasteiger partial charge in [0.05, 0.1) is 5.56 Å². The number of rotatable bonds is 4. The standard InChI is InChI=1S/C16H12BrN3O2/c17-14-4-1-3-12(9-14)11-22-16(21)13-5-6-15(18-10-13)20-8-2-7-19-20/h1-10H,11H2. The first-order chi connectivity index (χ1) is 10.7.